The number of hydrogen-bond acceptors (Lipinski definition) is 5. The van der Waals surface area contributed by atoms with Crippen LogP contribution < -0.4 is 10.1 Å². The van der Waals surface area contributed by atoms with Gasteiger partial charge >= 0.3 is 0 Å². The fourth-order valence-electron chi connectivity index (χ4n) is 1.53. The fraction of sp³-hybridized carbons (Fsp3) is 0.462. The molecular formula is C13H19N5O. The van der Waals surface area contributed by atoms with E-state index in [4.69, 9.17) is 4.74 Å². The Morgan fingerprint density at radius 2 is 2.21 bits per heavy atom. The molecule has 0 aliphatic carbocycles. The molecule has 0 amide bonds. The molecule has 0 aromatic carbocycles. The molecule has 0 aliphatic heterocycles. The van der Waals surface area contributed by atoms with Crippen LogP contribution in [0.3, 0.4) is 0 Å². The van der Waals surface area contributed by atoms with Crippen LogP contribution in [-0.2, 0) is 0 Å². The van der Waals surface area contributed by atoms with Crippen molar-refractivity contribution >= 4 is 11.5 Å². The topological polar surface area (TPSA) is 64.9 Å². The number of anilines is 2. The van der Waals surface area contributed by atoms with Crippen molar-refractivity contribution in [2.75, 3.05) is 11.9 Å². The molecule has 19 heavy (non-hydrogen) atoms. The summed E-state index contributed by atoms with van der Waals surface area (Å²) in [5.74, 6) is 1.28. The second-order valence-corrected chi connectivity index (χ2v) is 4.52. The Labute approximate surface area is 112 Å². The van der Waals surface area contributed by atoms with E-state index in [1.54, 1.807) is 12.3 Å². The van der Waals surface area contributed by atoms with Crippen molar-refractivity contribution in [3.63, 3.8) is 0 Å². The van der Waals surface area contributed by atoms with E-state index < -0.39 is 0 Å². The Kier molecular flexibility index (Phi) is 4.33. The zero-order valence-electron chi connectivity index (χ0n) is 11.5. The molecule has 2 rings (SSSR count). The lowest BCUT2D eigenvalue weighted by molar-refractivity contribution is 0.305. The second kappa shape index (κ2) is 6.17. The molecule has 0 saturated heterocycles. The van der Waals surface area contributed by atoms with Crippen LogP contribution in [0.1, 0.15) is 33.2 Å². The molecule has 2 aromatic rings. The van der Waals surface area contributed by atoms with E-state index in [9.17, 15) is 0 Å². The van der Waals surface area contributed by atoms with Crippen LogP contribution in [0.2, 0.25) is 0 Å². The smallest absolute Gasteiger partial charge is 0.218 e. The van der Waals surface area contributed by atoms with Crippen molar-refractivity contribution in [2.24, 2.45) is 0 Å². The van der Waals surface area contributed by atoms with Gasteiger partial charge in [0, 0.05) is 18.3 Å². The van der Waals surface area contributed by atoms with Crippen LogP contribution in [0.4, 0.5) is 11.5 Å². The third kappa shape index (κ3) is 3.67. The molecule has 102 valence electrons. The van der Waals surface area contributed by atoms with E-state index in [-0.39, 0.29) is 0 Å². The second-order valence-electron chi connectivity index (χ2n) is 4.52. The highest BCUT2D eigenvalue weighted by Gasteiger charge is 2.04. The first-order valence-electron chi connectivity index (χ1n) is 6.45. The maximum atomic E-state index is 5.47. The van der Waals surface area contributed by atoms with Gasteiger partial charge in [-0.2, -0.15) is 5.10 Å². The lowest BCUT2D eigenvalue weighted by atomic mass is 10.4. The van der Waals surface area contributed by atoms with Crippen molar-refractivity contribution in [2.45, 2.75) is 33.2 Å². The van der Waals surface area contributed by atoms with Crippen LogP contribution in [0, 0.1) is 0 Å². The Bertz CT molecular complexity index is 523. The van der Waals surface area contributed by atoms with Gasteiger partial charge in [-0.05, 0) is 20.3 Å². The first-order chi connectivity index (χ1) is 9.19. The van der Waals surface area contributed by atoms with Crippen molar-refractivity contribution in [1.82, 2.24) is 19.7 Å². The largest absolute Gasteiger partial charge is 0.478 e. The molecule has 2 heterocycles. The molecule has 2 aromatic heterocycles. The van der Waals surface area contributed by atoms with Gasteiger partial charge in [-0.1, -0.05) is 6.92 Å². The number of aromatic nitrogens is 4. The number of hydrogen-bond donors (Lipinski definition) is 1. The first kappa shape index (κ1) is 13.3. The standard InChI is InChI=1S/C13H19N5O/c1-4-5-19-13-6-12(14-9-15-13)17-11-7-16-18(8-11)10(2)3/h6-10H,4-5H2,1-3H3,(H,14,15,17). The minimum atomic E-state index is 0.337. The molecule has 0 fully saturated rings. The summed E-state index contributed by atoms with van der Waals surface area (Å²) in [6.45, 7) is 6.87. The van der Waals surface area contributed by atoms with Gasteiger partial charge in [0.2, 0.25) is 5.88 Å². The predicted octanol–water partition coefficient (Wildman–Crippen LogP) is 2.79. The molecule has 0 aliphatic rings. The highest BCUT2D eigenvalue weighted by molar-refractivity contribution is 5.54. The Morgan fingerprint density at radius 3 is 2.89 bits per heavy atom. The zero-order valence-corrected chi connectivity index (χ0v) is 11.5. The van der Waals surface area contributed by atoms with Crippen molar-refractivity contribution in [1.29, 1.82) is 0 Å². The summed E-state index contributed by atoms with van der Waals surface area (Å²) in [4.78, 5) is 8.22. The summed E-state index contributed by atoms with van der Waals surface area (Å²) in [5.41, 5.74) is 0.897. The van der Waals surface area contributed by atoms with Gasteiger partial charge in [0.15, 0.2) is 0 Å². The van der Waals surface area contributed by atoms with E-state index in [1.165, 1.54) is 6.33 Å². The maximum Gasteiger partial charge on any atom is 0.218 e. The summed E-state index contributed by atoms with van der Waals surface area (Å²) in [5, 5.41) is 7.44. The summed E-state index contributed by atoms with van der Waals surface area (Å²) in [7, 11) is 0. The van der Waals surface area contributed by atoms with Crippen LogP contribution in [0.15, 0.2) is 24.8 Å². The Morgan fingerprint density at radius 1 is 1.37 bits per heavy atom. The molecule has 0 atom stereocenters. The quantitative estimate of drug-likeness (QED) is 0.866. The van der Waals surface area contributed by atoms with Crippen LogP contribution in [0.25, 0.3) is 0 Å². The Balaban J connectivity index is 2.05. The fourth-order valence-corrected chi connectivity index (χ4v) is 1.53. The average molecular weight is 261 g/mol. The minimum Gasteiger partial charge on any atom is -0.478 e. The zero-order chi connectivity index (χ0) is 13.7. The summed E-state index contributed by atoms with van der Waals surface area (Å²) < 4.78 is 7.35. The highest BCUT2D eigenvalue weighted by atomic mass is 16.5. The van der Waals surface area contributed by atoms with E-state index in [0.717, 1.165) is 12.1 Å². The lowest BCUT2D eigenvalue weighted by Crippen LogP contribution is -2.01. The van der Waals surface area contributed by atoms with Gasteiger partial charge < -0.3 is 10.1 Å². The van der Waals surface area contributed by atoms with Gasteiger partial charge in [-0.25, -0.2) is 9.97 Å². The molecule has 1 N–H and O–H groups in total. The summed E-state index contributed by atoms with van der Waals surface area (Å²) in [6, 6.07) is 2.12. The minimum absolute atomic E-state index is 0.337. The lowest BCUT2D eigenvalue weighted by Gasteiger charge is -2.06. The number of nitrogens with one attached hydrogen (secondary N) is 1. The van der Waals surface area contributed by atoms with Crippen molar-refractivity contribution < 1.29 is 4.74 Å². The van der Waals surface area contributed by atoms with Gasteiger partial charge in [-0.15, -0.1) is 0 Å². The summed E-state index contributed by atoms with van der Waals surface area (Å²) >= 11 is 0. The molecule has 0 radical (unpaired) electrons. The molecule has 0 spiro atoms. The van der Waals surface area contributed by atoms with Gasteiger partial charge in [-0.3, -0.25) is 4.68 Å². The van der Waals surface area contributed by atoms with Gasteiger partial charge in [0.05, 0.1) is 18.5 Å². The van der Waals surface area contributed by atoms with E-state index >= 15 is 0 Å². The molecular weight excluding hydrogens is 242 g/mol. The van der Waals surface area contributed by atoms with Crippen molar-refractivity contribution in [3.05, 3.63) is 24.8 Å². The third-order valence-corrected chi connectivity index (χ3v) is 2.50. The third-order valence-electron chi connectivity index (χ3n) is 2.50. The van der Waals surface area contributed by atoms with Crippen LogP contribution in [-0.4, -0.2) is 26.4 Å². The molecule has 0 bridgehead atoms. The molecule has 0 unspecified atom stereocenters. The van der Waals surface area contributed by atoms with Crippen molar-refractivity contribution in [3.8, 4) is 5.88 Å². The number of nitrogens with zero attached hydrogens (tertiary/aromatic N) is 4. The highest BCUT2D eigenvalue weighted by Crippen LogP contribution is 2.17. The predicted molar refractivity (Wildman–Crippen MR) is 73.7 cm³/mol. The SMILES string of the molecule is CCCOc1cc(Nc2cnn(C(C)C)c2)ncn1. The Hall–Kier alpha value is -2.11. The number of ether oxygens (including phenoxy) is 1. The molecule has 6 heteroatoms. The van der Waals surface area contributed by atoms with E-state index in [0.29, 0.717) is 24.3 Å². The first-order valence-corrected chi connectivity index (χ1v) is 6.45. The van der Waals surface area contributed by atoms with Crippen LogP contribution in [0.5, 0.6) is 5.88 Å². The van der Waals surface area contributed by atoms with Crippen LogP contribution >= 0.6 is 0 Å². The maximum absolute atomic E-state index is 5.47. The van der Waals surface area contributed by atoms with E-state index in [1.807, 2.05) is 10.9 Å². The van der Waals surface area contributed by atoms with Gasteiger partial charge in [0.1, 0.15) is 12.1 Å². The molecule has 0 saturated carbocycles. The monoisotopic (exact) mass is 261 g/mol. The normalized spacial score (nSPS) is 10.7. The van der Waals surface area contributed by atoms with Gasteiger partial charge in [0.25, 0.3) is 0 Å². The molecule has 6 nitrogen and oxygen atoms in total. The van der Waals surface area contributed by atoms with E-state index in [2.05, 4.69) is 41.2 Å². The summed E-state index contributed by atoms with van der Waals surface area (Å²) in [6.07, 6.45) is 6.15. The average Bonchev–Trinajstić information content (AvgIpc) is 2.85. The number of rotatable bonds is 6.